The Balaban J connectivity index is 1.55. The first kappa shape index (κ1) is 22.5. The van der Waals surface area contributed by atoms with Gasteiger partial charge in [0.05, 0.1) is 20.7 Å². The van der Waals surface area contributed by atoms with Crippen LogP contribution >= 0.6 is 35.0 Å². The molecule has 0 atom stereocenters. The highest BCUT2D eigenvalue weighted by molar-refractivity contribution is 8.00. The highest BCUT2D eigenvalue weighted by Crippen LogP contribution is 2.26. The summed E-state index contributed by atoms with van der Waals surface area (Å²) in [5, 5.41) is 3.54. The lowest BCUT2D eigenvalue weighted by Gasteiger charge is -2.09. The molecule has 0 radical (unpaired) electrons. The smallest absolute Gasteiger partial charge is 0.261 e. The van der Waals surface area contributed by atoms with Crippen molar-refractivity contribution in [3.63, 3.8) is 0 Å². The van der Waals surface area contributed by atoms with E-state index in [0.29, 0.717) is 21.4 Å². The van der Waals surface area contributed by atoms with Gasteiger partial charge in [0.25, 0.3) is 10.0 Å². The number of carbonyl (C=O) groups excluding carboxylic acids is 1. The van der Waals surface area contributed by atoms with Crippen LogP contribution in [0.2, 0.25) is 10.0 Å². The standard InChI is InChI=1S/C21H18Cl2N2O3S2/c1-14-2-9-18(10-3-14)30(27,28)25-15-4-7-17(8-5-15)29-13-21(26)24-16-6-11-19(22)20(23)12-16/h2-12,25H,13H2,1H3,(H,24,26). The van der Waals surface area contributed by atoms with Crippen molar-refractivity contribution in [3.8, 4) is 0 Å². The fourth-order valence-electron chi connectivity index (χ4n) is 2.47. The van der Waals surface area contributed by atoms with Crippen LogP contribution in [-0.2, 0) is 14.8 Å². The van der Waals surface area contributed by atoms with Gasteiger partial charge >= 0.3 is 0 Å². The van der Waals surface area contributed by atoms with Gasteiger partial charge in [0.15, 0.2) is 0 Å². The summed E-state index contributed by atoms with van der Waals surface area (Å²) >= 11 is 13.1. The molecule has 0 aliphatic carbocycles. The number of sulfonamides is 1. The van der Waals surface area contributed by atoms with Crippen molar-refractivity contribution in [2.24, 2.45) is 0 Å². The summed E-state index contributed by atoms with van der Waals surface area (Å²) in [7, 11) is -3.65. The maximum atomic E-state index is 12.4. The summed E-state index contributed by atoms with van der Waals surface area (Å²) in [6, 6.07) is 18.3. The van der Waals surface area contributed by atoms with Gasteiger partial charge in [0, 0.05) is 16.3 Å². The lowest BCUT2D eigenvalue weighted by atomic mass is 10.2. The Morgan fingerprint density at radius 2 is 1.53 bits per heavy atom. The molecule has 0 fully saturated rings. The average molecular weight is 481 g/mol. The van der Waals surface area contributed by atoms with Crippen LogP contribution in [0.15, 0.2) is 76.5 Å². The highest BCUT2D eigenvalue weighted by atomic mass is 35.5. The van der Waals surface area contributed by atoms with Crippen LogP contribution in [0.4, 0.5) is 11.4 Å². The predicted octanol–water partition coefficient (Wildman–Crippen LogP) is 5.83. The maximum absolute atomic E-state index is 12.4. The summed E-state index contributed by atoms with van der Waals surface area (Å²) in [5.41, 5.74) is 1.99. The van der Waals surface area contributed by atoms with Crippen LogP contribution in [0, 0.1) is 6.92 Å². The number of amides is 1. The third kappa shape index (κ3) is 6.15. The van der Waals surface area contributed by atoms with Crippen LogP contribution in [-0.4, -0.2) is 20.1 Å². The molecule has 2 N–H and O–H groups in total. The summed E-state index contributed by atoms with van der Waals surface area (Å²) in [6.07, 6.45) is 0. The van der Waals surface area contributed by atoms with E-state index in [1.165, 1.54) is 11.8 Å². The summed E-state index contributed by atoms with van der Waals surface area (Å²) in [4.78, 5) is 13.1. The number of thioether (sulfide) groups is 1. The minimum Gasteiger partial charge on any atom is -0.325 e. The molecule has 30 heavy (non-hydrogen) atoms. The van der Waals surface area contributed by atoms with Crippen molar-refractivity contribution >= 4 is 62.3 Å². The molecular weight excluding hydrogens is 463 g/mol. The second-order valence-electron chi connectivity index (χ2n) is 6.41. The fraction of sp³-hybridized carbons (Fsp3) is 0.0952. The number of benzene rings is 3. The second-order valence-corrected chi connectivity index (χ2v) is 9.95. The van der Waals surface area contributed by atoms with Crippen LogP contribution < -0.4 is 10.0 Å². The molecular formula is C21H18Cl2N2O3S2. The number of hydrogen-bond donors (Lipinski definition) is 2. The van der Waals surface area contributed by atoms with Crippen molar-refractivity contribution in [2.75, 3.05) is 15.8 Å². The minimum absolute atomic E-state index is 0.189. The topological polar surface area (TPSA) is 75.3 Å². The first-order chi connectivity index (χ1) is 14.2. The van der Waals surface area contributed by atoms with Gasteiger partial charge in [0.1, 0.15) is 0 Å². The average Bonchev–Trinajstić information content (AvgIpc) is 2.70. The van der Waals surface area contributed by atoms with E-state index in [9.17, 15) is 13.2 Å². The Bertz CT molecular complexity index is 1150. The molecule has 0 heterocycles. The SMILES string of the molecule is Cc1ccc(S(=O)(=O)Nc2ccc(SCC(=O)Nc3ccc(Cl)c(Cl)c3)cc2)cc1. The van der Waals surface area contributed by atoms with Crippen LogP contribution in [0.3, 0.4) is 0 Å². The zero-order valence-electron chi connectivity index (χ0n) is 15.9. The van der Waals surface area contributed by atoms with Crippen LogP contribution in [0.1, 0.15) is 5.56 Å². The lowest BCUT2D eigenvalue weighted by molar-refractivity contribution is -0.113. The fourth-order valence-corrected chi connectivity index (χ4v) is 4.53. The second kappa shape index (κ2) is 9.75. The van der Waals surface area contributed by atoms with E-state index in [0.717, 1.165) is 10.5 Å². The van der Waals surface area contributed by atoms with Gasteiger partial charge in [-0.05, 0) is 61.5 Å². The third-order valence-electron chi connectivity index (χ3n) is 4.01. The third-order valence-corrected chi connectivity index (χ3v) is 7.16. The number of carbonyl (C=O) groups is 1. The molecule has 3 rings (SSSR count). The Morgan fingerprint density at radius 3 is 2.17 bits per heavy atom. The maximum Gasteiger partial charge on any atom is 0.261 e. The van der Waals surface area contributed by atoms with Crippen molar-refractivity contribution < 1.29 is 13.2 Å². The number of aryl methyl sites for hydroxylation is 1. The normalized spacial score (nSPS) is 11.2. The van der Waals surface area contributed by atoms with E-state index in [-0.39, 0.29) is 16.6 Å². The number of halogens is 2. The zero-order valence-corrected chi connectivity index (χ0v) is 19.0. The Hall–Kier alpha value is -2.19. The van der Waals surface area contributed by atoms with E-state index in [4.69, 9.17) is 23.2 Å². The summed E-state index contributed by atoms with van der Waals surface area (Å²) in [5.74, 6) is -0.00292. The quantitative estimate of drug-likeness (QED) is 0.416. The van der Waals surface area contributed by atoms with Gasteiger partial charge < -0.3 is 5.32 Å². The highest BCUT2D eigenvalue weighted by Gasteiger charge is 2.14. The molecule has 9 heteroatoms. The molecule has 0 aromatic heterocycles. The molecule has 156 valence electrons. The Kier molecular flexibility index (Phi) is 7.31. The monoisotopic (exact) mass is 480 g/mol. The van der Waals surface area contributed by atoms with Gasteiger partial charge in [0.2, 0.25) is 5.91 Å². The largest absolute Gasteiger partial charge is 0.325 e. The predicted molar refractivity (Wildman–Crippen MR) is 124 cm³/mol. The van der Waals surface area contributed by atoms with Gasteiger partial charge in [-0.2, -0.15) is 0 Å². The number of rotatable bonds is 7. The Labute approximate surface area is 189 Å². The van der Waals surface area contributed by atoms with E-state index in [1.54, 1.807) is 66.7 Å². The van der Waals surface area contributed by atoms with Gasteiger partial charge in [-0.15, -0.1) is 11.8 Å². The minimum atomic E-state index is -3.65. The van der Waals surface area contributed by atoms with Crippen molar-refractivity contribution in [1.82, 2.24) is 0 Å². The van der Waals surface area contributed by atoms with Crippen molar-refractivity contribution in [1.29, 1.82) is 0 Å². The number of nitrogens with one attached hydrogen (secondary N) is 2. The molecule has 0 aliphatic heterocycles. The number of hydrogen-bond acceptors (Lipinski definition) is 4. The van der Waals surface area contributed by atoms with E-state index in [2.05, 4.69) is 10.0 Å². The van der Waals surface area contributed by atoms with E-state index in [1.807, 2.05) is 6.92 Å². The first-order valence-electron chi connectivity index (χ1n) is 8.80. The molecule has 0 bridgehead atoms. The summed E-state index contributed by atoms with van der Waals surface area (Å²) in [6.45, 7) is 1.89. The van der Waals surface area contributed by atoms with Crippen molar-refractivity contribution in [2.45, 2.75) is 16.7 Å². The molecule has 0 saturated heterocycles. The molecule has 5 nitrogen and oxygen atoms in total. The molecule has 3 aromatic rings. The van der Waals surface area contributed by atoms with Crippen LogP contribution in [0.25, 0.3) is 0 Å². The molecule has 0 aliphatic rings. The molecule has 0 unspecified atom stereocenters. The lowest BCUT2D eigenvalue weighted by Crippen LogP contribution is -2.14. The molecule has 0 saturated carbocycles. The zero-order chi connectivity index (χ0) is 21.7. The first-order valence-corrected chi connectivity index (χ1v) is 12.0. The van der Waals surface area contributed by atoms with Gasteiger partial charge in [-0.25, -0.2) is 8.42 Å². The van der Waals surface area contributed by atoms with Crippen molar-refractivity contribution in [3.05, 3.63) is 82.3 Å². The van der Waals surface area contributed by atoms with Crippen LogP contribution in [0.5, 0.6) is 0 Å². The van der Waals surface area contributed by atoms with E-state index >= 15 is 0 Å². The van der Waals surface area contributed by atoms with E-state index < -0.39 is 10.0 Å². The molecule has 1 amide bonds. The molecule has 3 aromatic carbocycles. The van der Waals surface area contributed by atoms with Gasteiger partial charge in [-0.1, -0.05) is 40.9 Å². The molecule has 0 spiro atoms. The summed E-state index contributed by atoms with van der Waals surface area (Å²) < 4.78 is 27.4. The van der Waals surface area contributed by atoms with Gasteiger partial charge in [-0.3, -0.25) is 9.52 Å². The number of anilines is 2. The Morgan fingerprint density at radius 1 is 0.900 bits per heavy atom.